The minimum absolute atomic E-state index is 0.0565. The third-order valence-electron chi connectivity index (χ3n) is 3.43. The Bertz CT molecular complexity index is 510. The van der Waals surface area contributed by atoms with Gasteiger partial charge in [-0.25, -0.2) is 8.42 Å². The van der Waals surface area contributed by atoms with Crippen LogP contribution in [0.4, 0.5) is 0 Å². The van der Waals surface area contributed by atoms with Gasteiger partial charge in [0, 0.05) is 12.6 Å². The zero-order valence-electron chi connectivity index (χ0n) is 11.6. The molecule has 0 aromatic carbocycles. The van der Waals surface area contributed by atoms with E-state index in [2.05, 4.69) is 17.1 Å². The molecule has 5 nitrogen and oxygen atoms in total. The number of nitrogens with one attached hydrogen (secondary N) is 1. The molecular weight excluding hydrogens is 264 g/mol. The third kappa shape index (κ3) is 4.06. The van der Waals surface area contributed by atoms with E-state index in [0.717, 1.165) is 24.6 Å². The molecule has 6 heteroatoms. The molecule has 1 atom stereocenters. The highest BCUT2D eigenvalue weighted by molar-refractivity contribution is 7.91. The smallest absolute Gasteiger partial charge is 0.153 e. The Labute approximate surface area is 114 Å². The second-order valence-corrected chi connectivity index (χ2v) is 7.31. The normalized spacial score (nSPS) is 23.6. The van der Waals surface area contributed by atoms with E-state index in [1.54, 1.807) is 0 Å². The third-order valence-corrected chi connectivity index (χ3v) is 5.23. The summed E-state index contributed by atoms with van der Waals surface area (Å²) in [6, 6.07) is 4.01. The molecule has 1 aliphatic heterocycles. The van der Waals surface area contributed by atoms with Crippen molar-refractivity contribution in [3.8, 4) is 0 Å². The van der Waals surface area contributed by atoms with E-state index in [1.165, 1.54) is 0 Å². The summed E-state index contributed by atoms with van der Waals surface area (Å²) in [4.78, 5) is 2.16. The number of hydrogen-bond acceptors (Lipinski definition) is 5. The number of nitrogens with zero attached hydrogens (tertiary/aromatic N) is 1. The van der Waals surface area contributed by atoms with Gasteiger partial charge in [-0.15, -0.1) is 0 Å². The summed E-state index contributed by atoms with van der Waals surface area (Å²) in [5.74, 6) is 2.33. The van der Waals surface area contributed by atoms with Crippen LogP contribution >= 0.6 is 0 Å². The molecule has 0 aliphatic carbocycles. The van der Waals surface area contributed by atoms with Gasteiger partial charge in [-0.3, -0.25) is 4.90 Å². The highest BCUT2D eigenvalue weighted by Crippen LogP contribution is 2.17. The molecule has 0 spiro atoms. The van der Waals surface area contributed by atoms with Crippen molar-refractivity contribution >= 4 is 9.84 Å². The van der Waals surface area contributed by atoms with Crippen molar-refractivity contribution < 1.29 is 12.8 Å². The van der Waals surface area contributed by atoms with E-state index >= 15 is 0 Å². The van der Waals surface area contributed by atoms with Crippen LogP contribution in [-0.4, -0.2) is 44.0 Å². The maximum Gasteiger partial charge on any atom is 0.153 e. The van der Waals surface area contributed by atoms with Crippen molar-refractivity contribution in [3.63, 3.8) is 0 Å². The molecule has 0 radical (unpaired) electrons. The summed E-state index contributed by atoms with van der Waals surface area (Å²) in [6.07, 6.45) is 0. The van der Waals surface area contributed by atoms with Gasteiger partial charge in [0.15, 0.2) is 9.84 Å². The summed E-state index contributed by atoms with van der Waals surface area (Å²) in [5.41, 5.74) is 0. The lowest BCUT2D eigenvalue weighted by atomic mass is 10.3. The van der Waals surface area contributed by atoms with Crippen LogP contribution in [-0.2, 0) is 22.9 Å². The standard InChI is InChI=1S/C13H22N2O3S/c1-3-14-8-12-4-5-13(18-12)9-15-6-7-19(16,17)10-11(15)2/h4-5,11,14H,3,6-10H2,1-2H3. The quantitative estimate of drug-likeness (QED) is 0.875. The van der Waals surface area contributed by atoms with E-state index in [0.29, 0.717) is 13.1 Å². The maximum absolute atomic E-state index is 11.5. The number of rotatable bonds is 5. The summed E-state index contributed by atoms with van der Waals surface area (Å²) in [6.45, 7) is 6.94. The average Bonchev–Trinajstić information content (AvgIpc) is 2.77. The summed E-state index contributed by atoms with van der Waals surface area (Å²) in [5, 5.41) is 3.21. The van der Waals surface area contributed by atoms with E-state index in [1.807, 2.05) is 19.1 Å². The van der Waals surface area contributed by atoms with Gasteiger partial charge in [-0.05, 0) is 25.6 Å². The molecule has 1 fully saturated rings. The fourth-order valence-corrected chi connectivity index (χ4v) is 3.94. The Balaban J connectivity index is 1.92. The number of hydrogen-bond donors (Lipinski definition) is 1. The van der Waals surface area contributed by atoms with Crippen LogP contribution in [0.5, 0.6) is 0 Å². The maximum atomic E-state index is 11.5. The molecule has 0 saturated carbocycles. The zero-order valence-corrected chi connectivity index (χ0v) is 12.4. The molecule has 0 amide bonds. The van der Waals surface area contributed by atoms with Crippen LogP contribution in [0, 0.1) is 0 Å². The van der Waals surface area contributed by atoms with Gasteiger partial charge in [0.2, 0.25) is 0 Å². The van der Waals surface area contributed by atoms with Crippen molar-refractivity contribution in [1.82, 2.24) is 10.2 Å². The van der Waals surface area contributed by atoms with Gasteiger partial charge in [-0.1, -0.05) is 6.92 Å². The monoisotopic (exact) mass is 286 g/mol. The van der Waals surface area contributed by atoms with Crippen molar-refractivity contribution in [3.05, 3.63) is 23.7 Å². The highest BCUT2D eigenvalue weighted by Gasteiger charge is 2.28. The number of furan rings is 1. The lowest BCUT2D eigenvalue weighted by molar-refractivity contribution is 0.199. The fraction of sp³-hybridized carbons (Fsp3) is 0.692. The SMILES string of the molecule is CCNCc1ccc(CN2CCS(=O)(=O)CC2C)o1. The summed E-state index contributed by atoms with van der Waals surface area (Å²) < 4.78 is 28.8. The van der Waals surface area contributed by atoms with Crippen LogP contribution in [0.15, 0.2) is 16.5 Å². The zero-order chi connectivity index (χ0) is 13.9. The van der Waals surface area contributed by atoms with E-state index in [4.69, 9.17) is 4.42 Å². The molecule has 0 bridgehead atoms. The lowest BCUT2D eigenvalue weighted by Gasteiger charge is -2.32. The van der Waals surface area contributed by atoms with E-state index in [-0.39, 0.29) is 17.5 Å². The minimum Gasteiger partial charge on any atom is -0.463 e. The second kappa shape index (κ2) is 6.07. The predicted molar refractivity (Wildman–Crippen MR) is 74.6 cm³/mol. The predicted octanol–water partition coefficient (Wildman–Crippen LogP) is 1.01. The molecule has 1 aromatic heterocycles. The molecule has 108 valence electrons. The first-order valence-corrected chi connectivity index (χ1v) is 8.55. The summed E-state index contributed by atoms with van der Waals surface area (Å²) >= 11 is 0. The van der Waals surface area contributed by atoms with Gasteiger partial charge in [0.25, 0.3) is 0 Å². The summed E-state index contributed by atoms with van der Waals surface area (Å²) in [7, 11) is -2.85. The van der Waals surface area contributed by atoms with Crippen molar-refractivity contribution in [2.24, 2.45) is 0 Å². The molecule has 1 aliphatic rings. The molecule has 1 saturated heterocycles. The van der Waals surface area contributed by atoms with Crippen molar-refractivity contribution in [2.75, 3.05) is 24.6 Å². The van der Waals surface area contributed by atoms with Gasteiger partial charge >= 0.3 is 0 Å². The molecule has 2 heterocycles. The van der Waals surface area contributed by atoms with Crippen molar-refractivity contribution in [2.45, 2.75) is 33.0 Å². The molecule has 1 aromatic rings. The first kappa shape index (κ1) is 14.6. The Morgan fingerprint density at radius 1 is 1.42 bits per heavy atom. The molecule has 2 rings (SSSR count). The molecule has 1 N–H and O–H groups in total. The van der Waals surface area contributed by atoms with Crippen LogP contribution in [0.1, 0.15) is 25.4 Å². The molecule has 19 heavy (non-hydrogen) atoms. The van der Waals surface area contributed by atoms with Gasteiger partial charge in [-0.2, -0.15) is 0 Å². The fourth-order valence-electron chi connectivity index (χ4n) is 2.32. The lowest BCUT2D eigenvalue weighted by Crippen LogP contribution is -2.46. The van der Waals surface area contributed by atoms with Crippen LogP contribution in [0.25, 0.3) is 0 Å². The molecule has 1 unspecified atom stereocenters. The minimum atomic E-state index is -2.85. The van der Waals surface area contributed by atoms with Crippen molar-refractivity contribution in [1.29, 1.82) is 0 Å². The van der Waals surface area contributed by atoms with E-state index in [9.17, 15) is 8.42 Å². The Morgan fingerprint density at radius 3 is 2.84 bits per heavy atom. The Hall–Kier alpha value is -0.850. The second-order valence-electron chi connectivity index (χ2n) is 5.08. The Kier molecular flexibility index (Phi) is 4.65. The van der Waals surface area contributed by atoms with Crippen LogP contribution in [0.2, 0.25) is 0 Å². The highest BCUT2D eigenvalue weighted by atomic mass is 32.2. The number of sulfone groups is 1. The van der Waals surface area contributed by atoms with Crippen LogP contribution in [0.3, 0.4) is 0 Å². The topological polar surface area (TPSA) is 62.6 Å². The largest absolute Gasteiger partial charge is 0.463 e. The van der Waals surface area contributed by atoms with Gasteiger partial charge in [0.05, 0.1) is 24.6 Å². The first-order chi connectivity index (χ1) is 9.00. The van der Waals surface area contributed by atoms with Crippen LogP contribution < -0.4 is 5.32 Å². The average molecular weight is 286 g/mol. The Morgan fingerprint density at radius 2 is 2.16 bits per heavy atom. The van der Waals surface area contributed by atoms with E-state index < -0.39 is 9.84 Å². The first-order valence-electron chi connectivity index (χ1n) is 6.73. The molecular formula is C13H22N2O3S. The van der Waals surface area contributed by atoms with Gasteiger partial charge in [0.1, 0.15) is 11.5 Å². The van der Waals surface area contributed by atoms with Gasteiger partial charge < -0.3 is 9.73 Å².